The molecule has 0 radical (unpaired) electrons. The summed E-state index contributed by atoms with van der Waals surface area (Å²) < 4.78 is 26.3. The SMILES string of the molecule is O=C(N[C@@H](CO)C(=O)O)c1c(F)cccc1F. The van der Waals surface area contributed by atoms with Crippen LogP contribution in [0.3, 0.4) is 0 Å². The Morgan fingerprint density at radius 2 is 1.82 bits per heavy atom. The van der Waals surface area contributed by atoms with Crippen LogP contribution in [0.1, 0.15) is 10.4 Å². The smallest absolute Gasteiger partial charge is 0.328 e. The molecule has 0 spiro atoms. The normalized spacial score (nSPS) is 11.9. The van der Waals surface area contributed by atoms with Crippen LogP contribution in [0.4, 0.5) is 8.78 Å². The molecular formula is C10H9F2NO4. The number of carbonyl (C=O) groups is 2. The van der Waals surface area contributed by atoms with Crippen LogP contribution >= 0.6 is 0 Å². The summed E-state index contributed by atoms with van der Waals surface area (Å²) in [5.74, 6) is -4.95. The van der Waals surface area contributed by atoms with Crippen LogP contribution in [0, 0.1) is 11.6 Å². The summed E-state index contributed by atoms with van der Waals surface area (Å²) in [6.45, 7) is -0.878. The number of nitrogens with one attached hydrogen (secondary N) is 1. The highest BCUT2D eigenvalue weighted by atomic mass is 19.1. The summed E-state index contributed by atoms with van der Waals surface area (Å²) in [5, 5.41) is 19.0. The topological polar surface area (TPSA) is 86.6 Å². The average Bonchev–Trinajstić information content (AvgIpc) is 2.25. The first-order valence-corrected chi connectivity index (χ1v) is 4.56. The summed E-state index contributed by atoms with van der Waals surface area (Å²) in [6, 6.07) is 1.20. The molecule has 0 aromatic heterocycles. The number of carboxylic acid groups (broad SMARTS) is 1. The first kappa shape index (κ1) is 13.0. The highest BCUT2D eigenvalue weighted by Gasteiger charge is 2.23. The van der Waals surface area contributed by atoms with Crippen LogP contribution in [0.25, 0.3) is 0 Å². The molecular weight excluding hydrogens is 236 g/mol. The third-order valence-electron chi connectivity index (χ3n) is 1.98. The van der Waals surface area contributed by atoms with Gasteiger partial charge in [0.25, 0.3) is 5.91 Å². The van der Waals surface area contributed by atoms with E-state index >= 15 is 0 Å². The van der Waals surface area contributed by atoms with Crippen molar-refractivity contribution < 1.29 is 28.6 Å². The summed E-state index contributed by atoms with van der Waals surface area (Å²) in [7, 11) is 0. The Kier molecular flexibility index (Phi) is 4.11. The van der Waals surface area contributed by atoms with Crippen molar-refractivity contribution in [2.24, 2.45) is 0 Å². The molecule has 0 heterocycles. The number of aliphatic hydroxyl groups excluding tert-OH is 1. The van der Waals surface area contributed by atoms with Gasteiger partial charge in [0.2, 0.25) is 0 Å². The van der Waals surface area contributed by atoms with Gasteiger partial charge in [-0.2, -0.15) is 0 Å². The van der Waals surface area contributed by atoms with Gasteiger partial charge in [-0.3, -0.25) is 4.79 Å². The zero-order chi connectivity index (χ0) is 13.0. The fourth-order valence-corrected chi connectivity index (χ4v) is 1.13. The molecule has 0 aliphatic heterocycles. The van der Waals surface area contributed by atoms with Crippen LogP contribution in [0.5, 0.6) is 0 Å². The number of hydrogen-bond donors (Lipinski definition) is 3. The van der Waals surface area contributed by atoms with Crippen molar-refractivity contribution in [3.8, 4) is 0 Å². The van der Waals surface area contributed by atoms with Crippen molar-refractivity contribution in [1.82, 2.24) is 5.32 Å². The third-order valence-corrected chi connectivity index (χ3v) is 1.98. The molecule has 0 aliphatic rings. The zero-order valence-electron chi connectivity index (χ0n) is 8.48. The highest BCUT2D eigenvalue weighted by Crippen LogP contribution is 2.11. The lowest BCUT2D eigenvalue weighted by Gasteiger charge is -2.12. The zero-order valence-corrected chi connectivity index (χ0v) is 8.48. The van der Waals surface area contributed by atoms with Gasteiger partial charge in [-0.1, -0.05) is 6.07 Å². The van der Waals surface area contributed by atoms with Gasteiger partial charge in [0.1, 0.15) is 17.2 Å². The van der Waals surface area contributed by atoms with Crippen LogP contribution in [-0.2, 0) is 4.79 Å². The molecule has 1 amide bonds. The van der Waals surface area contributed by atoms with E-state index in [-0.39, 0.29) is 0 Å². The highest BCUT2D eigenvalue weighted by molar-refractivity contribution is 5.97. The summed E-state index contributed by atoms with van der Waals surface area (Å²) >= 11 is 0. The Labute approximate surface area is 94.7 Å². The number of aliphatic carboxylic acids is 1. The molecule has 0 saturated heterocycles. The molecule has 1 aromatic rings. The van der Waals surface area contributed by atoms with Gasteiger partial charge in [0.15, 0.2) is 6.04 Å². The molecule has 0 unspecified atom stereocenters. The van der Waals surface area contributed by atoms with Gasteiger partial charge in [-0.25, -0.2) is 13.6 Å². The molecule has 1 atom stereocenters. The minimum Gasteiger partial charge on any atom is -0.480 e. The van der Waals surface area contributed by atoms with Crippen LogP contribution in [0.2, 0.25) is 0 Å². The van der Waals surface area contributed by atoms with E-state index in [4.69, 9.17) is 10.2 Å². The number of halogens is 2. The van der Waals surface area contributed by atoms with Gasteiger partial charge in [-0.05, 0) is 12.1 Å². The first-order valence-electron chi connectivity index (χ1n) is 4.56. The monoisotopic (exact) mass is 245 g/mol. The number of amides is 1. The molecule has 7 heteroatoms. The lowest BCUT2D eigenvalue weighted by atomic mass is 10.1. The van der Waals surface area contributed by atoms with E-state index in [1.807, 2.05) is 0 Å². The fourth-order valence-electron chi connectivity index (χ4n) is 1.13. The Morgan fingerprint density at radius 3 is 2.24 bits per heavy atom. The molecule has 0 bridgehead atoms. The molecule has 0 aliphatic carbocycles. The van der Waals surface area contributed by atoms with Crippen molar-refractivity contribution in [1.29, 1.82) is 0 Å². The quantitative estimate of drug-likeness (QED) is 0.704. The van der Waals surface area contributed by atoms with E-state index in [0.717, 1.165) is 18.2 Å². The number of aliphatic hydroxyl groups is 1. The Balaban J connectivity index is 2.94. The van der Waals surface area contributed by atoms with E-state index < -0.39 is 41.7 Å². The number of rotatable bonds is 4. The molecule has 0 fully saturated rings. The molecule has 5 nitrogen and oxygen atoms in total. The second-order valence-corrected chi connectivity index (χ2v) is 3.14. The fraction of sp³-hybridized carbons (Fsp3) is 0.200. The predicted octanol–water partition coefficient (Wildman–Crippen LogP) is 0.140. The number of carbonyl (C=O) groups excluding carboxylic acids is 1. The largest absolute Gasteiger partial charge is 0.480 e. The lowest BCUT2D eigenvalue weighted by Crippen LogP contribution is -2.43. The Morgan fingerprint density at radius 1 is 1.29 bits per heavy atom. The molecule has 92 valence electrons. The molecule has 1 rings (SSSR count). The van der Waals surface area contributed by atoms with Crippen LogP contribution in [0.15, 0.2) is 18.2 Å². The summed E-state index contributed by atoms with van der Waals surface area (Å²) in [5.41, 5.74) is -0.882. The second kappa shape index (κ2) is 5.35. The van der Waals surface area contributed by atoms with Crippen molar-refractivity contribution in [2.45, 2.75) is 6.04 Å². The average molecular weight is 245 g/mol. The minimum atomic E-state index is -1.61. The maximum atomic E-state index is 13.1. The van der Waals surface area contributed by atoms with E-state index in [1.165, 1.54) is 0 Å². The van der Waals surface area contributed by atoms with E-state index in [0.29, 0.717) is 0 Å². The molecule has 1 aromatic carbocycles. The van der Waals surface area contributed by atoms with Crippen molar-refractivity contribution in [2.75, 3.05) is 6.61 Å². The Bertz CT molecular complexity index is 430. The predicted molar refractivity (Wildman–Crippen MR) is 52.3 cm³/mol. The number of carboxylic acids is 1. The standard InChI is InChI=1S/C10H9F2NO4/c11-5-2-1-3-6(12)8(5)9(15)13-7(4-14)10(16)17/h1-3,7,14H,4H2,(H,13,15)(H,16,17)/t7-/m0/s1. The summed E-state index contributed by atoms with van der Waals surface area (Å²) in [4.78, 5) is 21.9. The van der Waals surface area contributed by atoms with E-state index in [2.05, 4.69) is 0 Å². The Hall–Kier alpha value is -2.02. The van der Waals surface area contributed by atoms with Crippen molar-refractivity contribution >= 4 is 11.9 Å². The van der Waals surface area contributed by atoms with Crippen molar-refractivity contribution in [3.63, 3.8) is 0 Å². The first-order chi connectivity index (χ1) is 7.97. The maximum Gasteiger partial charge on any atom is 0.328 e. The van der Waals surface area contributed by atoms with E-state index in [1.54, 1.807) is 5.32 Å². The van der Waals surface area contributed by atoms with Gasteiger partial charge in [0.05, 0.1) is 6.61 Å². The van der Waals surface area contributed by atoms with Crippen molar-refractivity contribution in [3.05, 3.63) is 35.4 Å². The minimum absolute atomic E-state index is 0.868. The lowest BCUT2D eigenvalue weighted by molar-refractivity contribution is -0.140. The number of hydrogen-bond acceptors (Lipinski definition) is 3. The summed E-state index contributed by atoms with van der Waals surface area (Å²) in [6.07, 6.45) is 0. The number of benzene rings is 1. The molecule has 0 saturated carbocycles. The molecule has 17 heavy (non-hydrogen) atoms. The van der Waals surface area contributed by atoms with E-state index in [9.17, 15) is 18.4 Å². The van der Waals surface area contributed by atoms with Gasteiger partial charge >= 0.3 is 5.97 Å². The maximum absolute atomic E-state index is 13.1. The molecule has 3 N–H and O–H groups in total. The van der Waals surface area contributed by atoms with Gasteiger partial charge < -0.3 is 15.5 Å². The van der Waals surface area contributed by atoms with Gasteiger partial charge in [-0.15, -0.1) is 0 Å². The van der Waals surface area contributed by atoms with Crippen LogP contribution < -0.4 is 5.32 Å². The van der Waals surface area contributed by atoms with Gasteiger partial charge in [0, 0.05) is 0 Å². The van der Waals surface area contributed by atoms with Crippen LogP contribution in [-0.4, -0.2) is 34.7 Å². The second-order valence-electron chi connectivity index (χ2n) is 3.14. The third kappa shape index (κ3) is 2.97.